The van der Waals surface area contributed by atoms with Gasteiger partial charge < -0.3 is 14.8 Å². The van der Waals surface area contributed by atoms with E-state index in [2.05, 4.69) is 26.2 Å². The van der Waals surface area contributed by atoms with E-state index in [0.717, 1.165) is 15.8 Å². The number of aromatic nitrogens is 2. The number of methoxy groups -OCH3 is 2. The zero-order valence-electron chi connectivity index (χ0n) is 14.2. The zero-order chi connectivity index (χ0) is 18.0. The Bertz CT molecular complexity index is 937. The van der Waals surface area contributed by atoms with E-state index in [1.165, 1.54) is 0 Å². The third-order valence-corrected chi connectivity index (χ3v) is 4.33. The highest BCUT2D eigenvalue weighted by molar-refractivity contribution is 9.10. The number of halogens is 1. The Morgan fingerprint density at radius 3 is 2.72 bits per heavy atom. The first kappa shape index (κ1) is 17.3. The maximum absolute atomic E-state index is 12.9. The normalized spacial score (nSPS) is 10.7. The van der Waals surface area contributed by atoms with Crippen molar-refractivity contribution >= 4 is 33.2 Å². The van der Waals surface area contributed by atoms with Crippen molar-refractivity contribution < 1.29 is 14.3 Å². The van der Waals surface area contributed by atoms with Gasteiger partial charge in [0.15, 0.2) is 0 Å². The minimum atomic E-state index is -0.245. The van der Waals surface area contributed by atoms with E-state index < -0.39 is 0 Å². The number of carbonyl (C=O) groups excluding carboxylic acids is 1. The van der Waals surface area contributed by atoms with E-state index >= 15 is 0 Å². The molecule has 0 aliphatic carbocycles. The third kappa shape index (κ3) is 3.32. The molecule has 7 heteroatoms. The van der Waals surface area contributed by atoms with Crippen molar-refractivity contribution in [1.82, 2.24) is 9.38 Å². The van der Waals surface area contributed by atoms with E-state index in [0.29, 0.717) is 29.3 Å². The molecule has 0 radical (unpaired) electrons. The maximum atomic E-state index is 12.9. The summed E-state index contributed by atoms with van der Waals surface area (Å²) in [5.41, 5.74) is 2.55. The van der Waals surface area contributed by atoms with E-state index in [4.69, 9.17) is 9.47 Å². The van der Waals surface area contributed by atoms with E-state index in [-0.39, 0.29) is 5.91 Å². The molecule has 6 nitrogen and oxygen atoms in total. The van der Waals surface area contributed by atoms with Gasteiger partial charge in [-0.3, -0.25) is 9.20 Å². The predicted molar refractivity (Wildman–Crippen MR) is 99.8 cm³/mol. The van der Waals surface area contributed by atoms with Crippen LogP contribution in [0.5, 0.6) is 11.5 Å². The molecule has 3 aromatic rings. The zero-order valence-corrected chi connectivity index (χ0v) is 15.8. The average molecular weight is 404 g/mol. The van der Waals surface area contributed by atoms with E-state index in [1.807, 2.05) is 25.3 Å². The fourth-order valence-corrected chi connectivity index (χ4v) is 2.97. The first-order valence-corrected chi connectivity index (χ1v) is 8.56. The Morgan fingerprint density at radius 2 is 2.04 bits per heavy atom. The molecule has 0 atom stereocenters. The largest absolute Gasteiger partial charge is 0.497 e. The highest BCUT2D eigenvalue weighted by atomic mass is 79.9. The van der Waals surface area contributed by atoms with Crippen LogP contribution in [0.2, 0.25) is 0 Å². The van der Waals surface area contributed by atoms with Crippen LogP contribution in [0.4, 0.5) is 5.69 Å². The molecule has 0 fully saturated rings. The summed E-state index contributed by atoms with van der Waals surface area (Å²) >= 11 is 3.44. The van der Waals surface area contributed by atoms with Crippen LogP contribution in [-0.2, 0) is 6.42 Å². The summed E-state index contributed by atoms with van der Waals surface area (Å²) in [6.07, 6.45) is 2.49. The fourth-order valence-electron chi connectivity index (χ4n) is 2.64. The molecule has 0 bridgehead atoms. The fraction of sp³-hybridized carbons (Fsp3) is 0.222. The topological polar surface area (TPSA) is 64.9 Å². The Labute approximate surface area is 153 Å². The first-order valence-electron chi connectivity index (χ1n) is 7.77. The van der Waals surface area contributed by atoms with Gasteiger partial charge in [0.05, 0.1) is 25.6 Å². The van der Waals surface area contributed by atoms with Gasteiger partial charge in [0.1, 0.15) is 22.8 Å². The molecule has 2 heterocycles. The van der Waals surface area contributed by atoms with Crippen LogP contribution >= 0.6 is 15.9 Å². The number of anilines is 1. The molecule has 0 spiro atoms. The number of nitrogens with one attached hydrogen (secondary N) is 1. The molecule has 1 aromatic carbocycles. The molecule has 3 rings (SSSR count). The van der Waals surface area contributed by atoms with Crippen LogP contribution in [0.3, 0.4) is 0 Å². The van der Waals surface area contributed by atoms with Crippen LogP contribution in [0.1, 0.15) is 23.1 Å². The molecule has 0 saturated carbocycles. The molecule has 0 aliphatic heterocycles. The number of fused-ring (bicyclic) bond motifs is 1. The second-order valence-electron chi connectivity index (χ2n) is 5.36. The molecule has 2 aromatic heterocycles. The van der Waals surface area contributed by atoms with Crippen LogP contribution < -0.4 is 14.8 Å². The minimum absolute atomic E-state index is 0.245. The summed E-state index contributed by atoms with van der Waals surface area (Å²) in [4.78, 5) is 17.5. The molecule has 1 amide bonds. The average Bonchev–Trinajstić information content (AvgIpc) is 2.99. The summed E-state index contributed by atoms with van der Waals surface area (Å²) in [5.74, 6) is 0.939. The standard InChI is InChI=1S/C18H18BrN3O3/c1-4-13-17(22-10-11(19)5-8-16(22)20-13)18(23)21-14-7-6-12(24-2)9-15(14)25-3/h5-10H,4H2,1-3H3,(H,21,23). The van der Waals surface area contributed by atoms with Gasteiger partial charge in [0, 0.05) is 16.7 Å². The molecule has 1 N–H and O–H groups in total. The molecular weight excluding hydrogens is 386 g/mol. The minimum Gasteiger partial charge on any atom is -0.497 e. The Balaban J connectivity index is 2.02. The van der Waals surface area contributed by atoms with Crippen molar-refractivity contribution in [2.75, 3.05) is 19.5 Å². The summed E-state index contributed by atoms with van der Waals surface area (Å²) in [6, 6.07) is 9.01. The molecule has 0 unspecified atom stereocenters. The predicted octanol–water partition coefficient (Wildman–Crippen LogP) is 3.93. The number of rotatable bonds is 5. The number of nitrogens with zero attached hydrogens (tertiary/aromatic N) is 2. The summed E-state index contributed by atoms with van der Waals surface area (Å²) in [6.45, 7) is 1.97. The lowest BCUT2D eigenvalue weighted by Crippen LogP contribution is -2.16. The summed E-state index contributed by atoms with van der Waals surface area (Å²) in [7, 11) is 3.13. The number of hydrogen-bond donors (Lipinski definition) is 1. The lowest BCUT2D eigenvalue weighted by molar-refractivity contribution is 0.102. The second kappa shape index (κ2) is 7.14. The Hall–Kier alpha value is -2.54. The number of ether oxygens (including phenoxy) is 2. The van der Waals surface area contributed by atoms with Crippen molar-refractivity contribution in [2.24, 2.45) is 0 Å². The van der Waals surface area contributed by atoms with E-state index in [9.17, 15) is 4.79 Å². The highest BCUT2D eigenvalue weighted by Crippen LogP contribution is 2.30. The summed E-state index contributed by atoms with van der Waals surface area (Å²) < 4.78 is 13.2. The number of imidazole rings is 1. The van der Waals surface area contributed by atoms with Crippen LogP contribution in [0, 0.1) is 0 Å². The van der Waals surface area contributed by atoms with Gasteiger partial charge in [-0.15, -0.1) is 0 Å². The van der Waals surface area contributed by atoms with Crippen LogP contribution in [-0.4, -0.2) is 29.5 Å². The highest BCUT2D eigenvalue weighted by Gasteiger charge is 2.20. The molecule has 25 heavy (non-hydrogen) atoms. The van der Waals surface area contributed by atoms with Gasteiger partial charge in [-0.25, -0.2) is 4.98 Å². The number of pyridine rings is 1. The van der Waals surface area contributed by atoms with Crippen LogP contribution in [0.25, 0.3) is 5.65 Å². The van der Waals surface area contributed by atoms with Crippen LogP contribution in [0.15, 0.2) is 41.0 Å². The lowest BCUT2D eigenvalue weighted by atomic mass is 10.2. The lowest BCUT2D eigenvalue weighted by Gasteiger charge is -2.12. The van der Waals surface area contributed by atoms with Gasteiger partial charge in [0.2, 0.25) is 0 Å². The SMILES string of the molecule is CCc1nc2ccc(Br)cn2c1C(=O)Nc1ccc(OC)cc1OC. The Morgan fingerprint density at radius 1 is 1.24 bits per heavy atom. The summed E-state index contributed by atoms with van der Waals surface area (Å²) in [5, 5.41) is 2.91. The van der Waals surface area contributed by atoms with Crippen molar-refractivity contribution in [3.8, 4) is 11.5 Å². The van der Waals surface area contributed by atoms with Crippen molar-refractivity contribution in [2.45, 2.75) is 13.3 Å². The van der Waals surface area contributed by atoms with Gasteiger partial charge in [-0.2, -0.15) is 0 Å². The smallest absolute Gasteiger partial charge is 0.274 e. The molecule has 0 aliphatic rings. The van der Waals surface area contributed by atoms with Gasteiger partial charge >= 0.3 is 0 Å². The van der Waals surface area contributed by atoms with Crippen molar-refractivity contribution in [3.63, 3.8) is 0 Å². The number of hydrogen-bond acceptors (Lipinski definition) is 4. The van der Waals surface area contributed by atoms with Crippen molar-refractivity contribution in [3.05, 3.63) is 52.4 Å². The molecule has 0 saturated heterocycles. The molecular formula is C18H18BrN3O3. The molecule has 130 valence electrons. The maximum Gasteiger partial charge on any atom is 0.274 e. The quantitative estimate of drug-likeness (QED) is 0.700. The number of aryl methyl sites for hydroxylation is 1. The van der Waals surface area contributed by atoms with Crippen molar-refractivity contribution in [1.29, 1.82) is 0 Å². The van der Waals surface area contributed by atoms with Gasteiger partial charge in [0.25, 0.3) is 5.91 Å². The Kier molecular flexibility index (Phi) is 4.94. The number of amides is 1. The number of carbonyl (C=O) groups is 1. The second-order valence-corrected chi connectivity index (χ2v) is 6.27. The number of benzene rings is 1. The van der Waals surface area contributed by atoms with Gasteiger partial charge in [-0.05, 0) is 46.6 Å². The first-order chi connectivity index (χ1) is 12.1. The third-order valence-electron chi connectivity index (χ3n) is 3.86. The monoisotopic (exact) mass is 403 g/mol. The van der Waals surface area contributed by atoms with E-state index in [1.54, 1.807) is 36.8 Å². The van der Waals surface area contributed by atoms with Gasteiger partial charge in [-0.1, -0.05) is 6.92 Å².